The second-order valence-corrected chi connectivity index (χ2v) is 3.48. The molecule has 5 nitrogen and oxygen atoms in total. The monoisotopic (exact) mass is 186 g/mol. The third-order valence-electron chi connectivity index (χ3n) is 1.07. The van der Waals surface area contributed by atoms with Crippen LogP contribution in [0, 0.1) is 11.3 Å². The second kappa shape index (κ2) is 4.67. The van der Waals surface area contributed by atoms with Crippen LogP contribution in [0.15, 0.2) is 0 Å². The minimum atomic E-state index is -0.968. The third-order valence-corrected chi connectivity index (χ3v) is 1.07. The largest absolute Gasteiger partial charge is 0.428 e. The molecule has 0 aliphatic carbocycles. The molecule has 2 N–H and O–H groups in total. The number of nitrogens with zero attached hydrogens (tertiary/aromatic N) is 1. The average Bonchev–Trinajstić information content (AvgIpc) is 1.95. The summed E-state index contributed by atoms with van der Waals surface area (Å²) in [5.41, 5.74) is 4.38. The lowest BCUT2D eigenvalue weighted by Crippen LogP contribution is -2.30. The van der Waals surface area contributed by atoms with Crippen molar-refractivity contribution in [3.05, 3.63) is 0 Å². The molecule has 0 aromatic heterocycles. The quantitative estimate of drug-likeness (QED) is 0.706. The topological polar surface area (TPSA) is 85.3 Å². The van der Waals surface area contributed by atoms with E-state index < -0.39 is 12.2 Å². The van der Waals surface area contributed by atoms with E-state index in [1.54, 1.807) is 6.07 Å². The van der Waals surface area contributed by atoms with Crippen LogP contribution in [0.5, 0.6) is 0 Å². The van der Waals surface area contributed by atoms with Gasteiger partial charge in [0.2, 0.25) is 6.10 Å². The third kappa shape index (κ3) is 7.09. The van der Waals surface area contributed by atoms with Gasteiger partial charge in [-0.3, -0.25) is 0 Å². The van der Waals surface area contributed by atoms with Crippen molar-refractivity contribution in [2.75, 3.05) is 6.61 Å². The summed E-state index contributed by atoms with van der Waals surface area (Å²) in [7, 11) is 0. The highest BCUT2D eigenvalue weighted by molar-refractivity contribution is 5.65. The van der Waals surface area contributed by atoms with E-state index in [1.807, 2.05) is 20.8 Å². The molecule has 1 amide bonds. The van der Waals surface area contributed by atoms with E-state index in [0.717, 1.165) is 0 Å². The summed E-state index contributed by atoms with van der Waals surface area (Å²) in [4.78, 5) is 10.3. The van der Waals surface area contributed by atoms with Gasteiger partial charge in [-0.1, -0.05) is 0 Å². The highest BCUT2D eigenvalue weighted by atomic mass is 16.6. The van der Waals surface area contributed by atoms with Crippen LogP contribution in [-0.2, 0) is 9.47 Å². The lowest BCUT2D eigenvalue weighted by molar-refractivity contribution is -0.0376. The molecule has 0 unspecified atom stereocenters. The predicted molar refractivity (Wildman–Crippen MR) is 45.8 cm³/mol. The number of nitriles is 1. The Morgan fingerprint density at radius 2 is 2.15 bits per heavy atom. The zero-order valence-electron chi connectivity index (χ0n) is 8.03. The van der Waals surface area contributed by atoms with Crippen molar-refractivity contribution in [1.29, 1.82) is 5.26 Å². The van der Waals surface area contributed by atoms with Gasteiger partial charge in [0, 0.05) is 0 Å². The Morgan fingerprint density at radius 3 is 2.46 bits per heavy atom. The fraction of sp³-hybridized carbons (Fsp3) is 0.750. The second-order valence-electron chi connectivity index (χ2n) is 3.48. The van der Waals surface area contributed by atoms with Crippen LogP contribution in [0.2, 0.25) is 0 Å². The molecule has 0 aliphatic rings. The number of carbonyl (C=O) groups is 1. The summed E-state index contributed by atoms with van der Waals surface area (Å²) in [5.74, 6) is 0. The van der Waals surface area contributed by atoms with Gasteiger partial charge in [-0.2, -0.15) is 5.26 Å². The standard InChI is InChI=1S/C8H14N2O3/c1-8(2,3)12-5-6(4-9)13-7(10)11/h6H,5H2,1-3H3,(H2,10,11)/t6-/m1/s1. The Morgan fingerprint density at radius 1 is 1.62 bits per heavy atom. The van der Waals surface area contributed by atoms with Crippen LogP contribution in [0.3, 0.4) is 0 Å². The van der Waals surface area contributed by atoms with E-state index >= 15 is 0 Å². The van der Waals surface area contributed by atoms with E-state index in [-0.39, 0.29) is 12.2 Å². The molecule has 0 radical (unpaired) electrons. The molecule has 0 fully saturated rings. The van der Waals surface area contributed by atoms with Crippen LogP contribution < -0.4 is 5.73 Å². The molecule has 0 heterocycles. The summed E-state index contributed by atoms with van der Waals surface area (Å²) >= 11 is 0. The van der Waals surface area contributed by atoms with E-state index in [2.05, 4.69) is 4.74 Å². The smallest absolute Gasteiger partial charge is 0.405 e. The van der Waals surface area contributed by atoms with Crippen LogP contribution in [0.25, 0.3) is 0 Å². The molecule has 0 saturated heterocycles. The highest BCUT2D eigenvalue weighted by Gasteiger charge is 2.16. The molecule has 0 aromatic rings. The van der Waals surface area contributed by atoms with Gasteiger partial charge >= 0.3 is 6.09 Å². The number of amides is 1. The van der Waals surface area contributed by atoms with Crippen LogP contribution in [0.1, 0.15) is 20.8 Å². The number of carbonyl (C=O) groups excluding carboxylic acids is 1. The van der Waals surface area contributed by atoms with E-state index in [4.69, 9.17) is 15.7 Å². The first-order valence-electron chi connectivity index (χ1n) is 3.85. The molecule has 74 valence electrons. The van der Waals surface area contributed by atoms with E-state index in [0.29, 0.717) is 0 Å². The molecule has 0 aromatic carbocycles. The maximum atomic E-state index is 10.3. The summed E-state index contributed by atoms with van der Waals surface area (Å²) in [5, 5.41) is 8.51. The molecular formula is C8H14N2O3. The first-order chi connectivity index (χ1) is 5.85. The minimum Gasteiger partial charge on any atom is -0.428 e. The normalized spacial score (nSPS) is 13.1. The number of ether oxygens (including phenoxy) is 2. The summed E-state index contributed by atoms with van der Waals surface area (Å²) < 4.78 is 9.68. The Hall–Kier alpha value is -1.28. The van der Waals surface area contributed by atoms with Gasteiger partial charge in [0.1, 0.15) is 6.07 Å². The number of rotatable bonds is 3. The predicted octanol–water partition coefficient (Wildman–Crippen LogP) is 0.789. The molecule has 0 saturated carbocycles. The van der Waals surface area contributed by atoms with Crippen LogP contribution >= 0.6 is 0 Å². The summed E-state index contributed by atoms with van der Waals surface area (Å²) in [6, 6.07) is 1.76. The van der Waals surface area contributed by atoms with Gasteiger partial charge < -0.3 is 15.2 Å². The summed E-state index contributed by atoms with van der Waals surface area (Å²) in [6.07, 6.45) is -1.90. The SMILES string of the molecule is CC(C)(C)OC[C@@H](C#N)OC(N)=O. The Balaban J connectivity index is 3.88. The zero-order chi connectivity index (χ0) is 10.5. The van der Waals surface area contributed by atoms with Crippen molar-refractivity contribution in [2.45, 2.75) is 32.5 Å². The molecule has 1 atom stereocenters. The fourth-order valence-corrected chi connectivity index (χ4v) is 0.564. The van der Waals surface area contributed by atoms with Crippen molar-refractivity contribution in [3.63, 3.8) is 0 Å². The van der Waals surface area contributed by atoms with E-state index in [1.165, 1.54) is 0 Å². The van der Waals surface area contributed by atoms with Gasteiger partial charge in [-0.25, -0.2) is 4.79 Å². The molecule has 0 rings (SSSR count). The van der Waals surface area contributed by atoms with Gasteiger partial charge in [-0.05, 0) is 20.8 Å². The molecule has 0 aliphatic heterocycles. The lowest BCUT2D eigenvalue weighted by Gasteiger charge is -2.20. The lowest BCUT2D eigenvalue weighted by atomic mass is 10.2. The number of nitrogens with two attached hydrogens (primary N) is 1. The van der Waals surface area contributed by atoms with Gasteiger partial charge in [-0.15, -0.1) is 0 Å². The number of hydrogen-bond acceptors (Lipinski definition) is 4. The number of hydrogen-bond donors (Lipinski definition) is 1. The number of primary amides is 1. The van der Waals surface area contributed by atoms with Crippen molar-refractivity contribution >= 4 is 6.09 Å². The van der Waals surface area contributed by atoms with Gasteiger partial charge in [0.15, 0.2) is 0 Å². The molecule has 0 bridgehead atoms. The fourth-order valence-electron chi connectivity index (χ4n) is 0.564. The van der Waals surface area contributed by atoms with Crippen LogP contribution in [0.4, 0.5) is 4.79 Å². The van der Waals surface area contributed by atoms with Gasteiger partial charge in [0.05, 0.1) is 12.2 Å². The molecule has 13 heavy (non-hydrogen) atoms. The minimum absolute atomic E-state index is 0.0307. The van der Waals surface area contributed by atoms with Gasteiger partial charge in [0.25, 0.3) is 0 Å². The highest BCUT2D eigenvalue weighted by Crippen LogP contribution is 2.07. The van der Waals surface area contributed by atoms with E-state index in [9.17, 15) is 4.79 Å². The van der Waals surface area contributed by atoms with Crippen LogP contribution in [-0.4, -0.2) is 24.4 Å². The first kappa shape index (κ1) is 11.7. The zero-order valence-corrected chi connectivity index (χ0v) is 8.03. The Kier molecular flexibility index (Phi) is 4.21. The summed E-state index contributed by atoms with van der Waals surface area (Å²) in [6.45, 7) is 5.55. The average molecular weight is 186 g/mol. The maximum Gasteiger partial charge on any atom is 0.405 e. The first-order valence-corrected chi connectivity index (χ1v) is 3.85. The van der Waals surface area contributed by atoms with Crippen molar-refractivity contribution < 1.29 is 14.3 Å². The Labute approximate surface area is 77.4 Å². The maximum absolute atomic E-state index is 10.3. The Bertz CT molecular complexity index is 214. The molecule has 5 heteroatoms. The molecular weight excluding hydrogens is 172 g/mol. The molecule has 0 spiro atoms. The van der Waals surface area contributed by atoms with Crippen molar-refractivity contribution in [1.82, 2.24) is 0 Å². The van der Waals surface area contributed by atoms with Crippen molar-refractivity contribution in [3.8, 4) is 6.07 Å². The van der Waals surface area contributed by atoms with Crippen molar-refractivity contribution in [2.24, 2.45) is 5.73 Å².